The van der Waals surface area contributed by atoms with Crippen LogP contribution in [0.4, 0.5) is 0 Å². The molecular formula is C9H14Br3Hf-5. The molecule has 13 heavy (non-hydrogen) atoms. The zero-order valence-corrected chi connectivity index (χ0v) is 16.0. The SMILES string of the molecule is [Br-].[Br-].[Br-].[C-]1=CC=CC1.[CH2-]CCC.[Hf]. The number of unbranched alkanes of at least 4 members (excludes halogenated alkanes) is 1. The van der Waals surface area contributed by atoms with Crippen LogP contribution in [0.25, 0.3) is 0 Å². The van der Waals surface area contributed by atoms with E-state index in [2.05, 4.69) is 26.0 Å². The van der Waals surface area contributed by atoms with E-state index in [4.69, 9.17) is 0 Å². The summed E-state index contributed by atoms with van der Waals surface area (Å²) in [5.41, 5.74) is 0. The van der Waals surface area contributed by atoms with Crippen LogP contribution in [0, 0.1) is 13.0 Å². The first-order valence-electron chi connectivity index (χ1n) is 3.42. The molecule has 0 heterocycles. The minimum absolute atomic E-state index is 0. The molecule has 0 saturated heterocycles. The van der Waals surface area contributed by atoms with Gasteiger partial charge in [0.15, 0.2) is 0 Å². The molecule has 1 aliphatic rings. The van der Waals surface area contributed by atoms with E-state index in [9.17, 15) is 0 Å². The van der Waals surface area contributed by atoms with Gasteiger partial charge in [-0.2, -0.15) is 12.5 Å². The van der Waals surface area contributed by atoms with Gasteiger partial charge in [-0.25, -0.2) is 12.2 Å². The van der Waals surface area contributed by atoms with Gasteiger partial charge in [-0.15, -0.1) is 6.42 Å². The molecular weight excluding hydrogens is 526 g/mol. The Hall–Kier alpha value is 1.79. The molecule has 0 aromatic rings. The van der Waals surface area contributed by atoms with E-state index < -0.39 is 0 Å². The second kappa shape index (κ2) is 29.2. The molecule has 0 saturated carbocycles. The van der Waals surface area contributed by atoms with Gasteiger partial charge in [-0.05, 0) is 0 Å². The van der Waals surface area contributed by atoms with E-state index in [0.29, 0.717) is 0 Å². The quantitative estimate of drug-likeness (QED) is 0.230. The maximum Gasteiger partial charge on any atom is 0 e. The van der Waals surface area contributed by atoms with Gasteiger partial charge in [-0.1, -0.05) is 13.3 Å². The van der Waals surface area contributed by atoms with Crippen molar-refractivity contribution in [3.63, 3.8) is 0 Å². The second-order valence-corrected chi connectivity index (χ2v) is 1.86. The largest absolute Gasteiger partial charge is 1.00 e. The summed E-state index contributed by atoms with van der Waals surface area (Å²) >= 11 is 0. The summed E-state index contributed by atoms with van der Waals surface area (Å²) in [4.78, 5) is 0. The molecule has 1 rings (SSSR count). The molecule has 0 spiro atoms. The number of hydrogen-bond acceptors (Lipinski definition) is 0. The minimum Gasteiger partial charge on any atom is -1.00 e. The van der Waals surface area contributed by atoms with E-state index >= 15 is 0 Å². The molecule has 0 fully saturated rings. The standard InChI is InChI=1S/C5H5.C4H9.3BrH.Hf/c1-2-4-5-3-1;1-3-4-2;;;;/h1-3H,4H2;1,3-4H2,2H3;3*1H;/q2*-1;;;;/p-3. The van der Waals surface area contributed by atoms with E-state index in [0.717, 1.165) is 12.8 Å². The fourth-order valence-corrected chi connectivity index (χ4v) is 0.340. The van der Waals surface area contributed by atoms with Crippen LogP contribution in [-0.2, 0) is 25.8 Å². The summed E-state index contributed by atoms with van der Waals surface area (Å²) in [6, 6.07) is 0. The maximum absolute atomic E-state index is 3.60. The third-order valence-corrected chi connectivity index (χ3v) is 0.939. The number of halogens is 3. The van der Waals surface area contributed by atoms with Crippen LogP contribution in [-0.4, -0.2) is 0 Å². The smallest absolute Gasteiger partial charge is 0 e. The summed E-state index contributed by atoms with van der Waals surface area (Å²) < 4.78 is 0. The van der Waals surface area contributed by atoms with Gasteiger partial charge in [0.05, 0.1) is 0 Å². The summed E-state index contributed by atoms with van der Waals surface area (Å²) in [5.74, 6) is 0. The Bertz CT molecular complexity index is 91.0. The monoisotopic (exact) mass is 539 g/mol. The van der Waals surface area contributed by atoms with Gasteiger partial charge in [0.2, 0.25) is 0 Å². The van der Waals surface area contributed by atoms with Crippen molar-refractivity contribution in [3.05, 3.63) is 31.2 Å². The second-order valence-electron chi connectivity index (χ2n) is 1.86. The molecule has 0 aromatic carbocycles. The molecule has 0 atom stereocenters. The van der Waals surface area contributed by atoms with Crippen molar-refractivity contribution in [2.45, 2.75) is 26.2 Å². The molecule has 4 heteroatoms. The number of allylic oxidation sites excluding steroid dienone is 4. The molecule has 1 aliphatic carbocycles. The van der Waals surface area contributed by atoms with Crippen molar-refractivity contribution in [1.29, 1.82) is 0 Å². The van der Waals surface area contributed by atoms with Crippen LogP contribution in [0.3, 0.4) is 0 Å². The Balaban J connectivity index is -0.0000000256. The zero-order valence-electron chi connectivity index (χ0n) is 7.69. The zero-order chi connectivity index (χ0) is 6.95. The summed E-state index contributed by atoms with van der Waals surface area (Å²) in [6.45, 7) is 5.72. The van der Waals surface area contributed by atoms with Crippen LogP contribution in [0.1, 0.15) is 26.2 Å². The Morgan fingerprint density at radius 2 is 1.77 bits per heavy atom. The molecule has 0 nitrogen and oxygen atoms in total. The predicted molar refractivity (Wildman–Crippen MR) is 41.8 cm³/mol. The van der Waals surface area contributed by atoms with Crippen molar-refractivity contribution >= 4 is 0 Å². The van der Waals surface area contributed by atoms with Crippen molar-refractivity contribution < 1.29 is 76.8 Å². The molecule has 0 aromatic heterocycles. The van der Waals surface area contributed by atoms with E-state index in [1.165, 1.54) is 6.42 Å². The first-order chi connectivity index (χ1) is 4.41. The molecule has 0 amide bonds. The number of hydrogen-bond donors (Lipinski definition) is 0. The summed E-state index contributed by atoms with van der Waals surface area (Å²) in [5, 5.41) is 0. The normalized spacial score (nSPS) is 9.08. The topological polar surface area (TPSA) is 0 Å². The van der Waals surface area contributed by atoms with E-state index in [-0.39, 0.29) is 76.8 Å². The summed E-state index contributed by atoms with van der Waals surface area (Å²) in [7, 11) is 0. The first kappa shape index (κ1) is 29.3. The van der Waals surface area contributed by atoms with Crippen LogP contribution < -0.4 is 50.9 Å². The molecule has 0 radical (unpaired) electrons. The third-order valence-electron chi connectivity index (χ3n) is 0.939. The maximum atomic E-state index is 3.60. The Morgan fingerprint density at radius 3 is 1.85 bits per heavy atom. The molecule has 0 aliphatic heterocycles. The average molecular weight is 540 g/mol. The number of rotatable bonds is 1. The van der Waals surface area contributed by atoms with Crippen LogP contribution in [0.15, 0.2) is 18.2 Å². The van der Waals surface area contributed by atoms with E-state index in [1.807, 2.05) is 12.2 Å². The van der Waals surface area contributed by atoms with Gasteiger partial charge < -0.3 is 57.9 Å². The van der Waals surface area contributed by atoms with Crippen molar-refractivity contribution in [3.8, 4) is 0 Å². The molecule has 80 valence electrons. The van der Waals surface area contributed by atoms with Gasteiger partial charge in [0, 0.05) is 25.8 Å². The molecule has 0 bridgehead atoms. The van der Waals surface area contributed by atoms with Crippen molar-refractivity contribution in [2.75, 3.05) is 0 Å². The molecule has 0 unspecified atom stereocenters. The van der Waals surface area contributed by atoms with Gasteiger partial charge in [0.1, 0.15) is 0 Å². The Labute approximate surface area is 133 Å². The predicted octanol–water partition coefficient (Wildman–Crippen LogP) is -6.06. The fourth-order valence-electron chi connectivity index (χ4n) is 0.340. The summed E-state index contributed by atoms with van der Waals surface area (Å²) in [6.07, 6.45) is 12.3. The first-order valence-corrected chi connectivity index (χ1v) is 3.42. The van der Waals surface area contributed by atoms with Gasteiger partial charge in [-0.3, -0.25) is 6.08 Å². The fraction of sp³-hybridized carbons (Fsp3) is 0.444. The van der Waals surface area contributed by atoms with Crippen molar-refractivity contribution in [2.24, 2.45) is 0 Å². The molecule has 0 N–H and O–H groups in total. The van der Waals surface area contributed by atoms with Crippen LogP contribution in [0.5, 0.6) is 0 Å². The van der Waals surface area contributed by atoms with Crippen molar-refractivity contribution in [1.82, 2.24) is 0 Å². The minimum atomic E-state index is 0. The average Bonchev–Trinajstić information content (AvgIpc) is 2.43. The van der Waals surface area contributed by atoms with Gasteiger partial charge in [0.25, 0.3) is 0 Å². The Kier molecular flexibility index (Phi) is 65.9. The van der Waals surface area contributed by atoms with Crippen LogP contribution in [0.2, 0.25) is 0 Å². The third kappa shape index (κ3) is 31.6. The van der Waals surface area contributed by atoms with Gasteiger partial charge >= 0.3 is 0 Å². The Morgan fingerprint density at radius 1 is 1.31 bits per heavy atom. The van der Waals surface area contributed by atoms with E-state index in [1.54, 1.807) is 0 Å². The van der Waals surface area contributed by atoms with Crippen LogP contribution >= 0.6 is 0 Å².